The van der Waals surface area contributed by atoms with E-state index in [-0.39, 0.29) is 0 Å². The van der Waals surface area contributed by atoms with Crippen molar-refractivity contribution in [2.75, 3.05) is 0 Å². The third kappa shape index (κ3) is 3.46. The first-order valence-electron chi connectivity index (χ1n) is 13.3. The van der Waals surface area contributed by atoms with Crippen LogP contribution in [-0.2, 0) is 0 Å². The number of aromatic nitrogens is 2. The van der Waals surface area contributed by atoms with E-state index in [2.05, 4.69) is 138 Å². The van der Waals surface area contributed by atoms with Crippen LogP contribution in [0, 0.1) is 0 Å². The van der Waals surface area contributed by atoms with Gasteiger partial charge in [-0.2, -0.15) is 0 Å². The summed E-state index contributed by atoms with van der Waals surface area (Å²) in [6, 6.07) is 52.0. The van der Waals surface area contributed by atoms with Gasteiger partial charge in [0.1, 0.15) is 5.82 Å². The van der Waals surface area contributed by atoms with Crippen molar-refractivity contribution >= 4 is 43.4 Å². The van der Waals surface area contributed by atoms with E-state index in [1.54, 1.807) is 0 Å². The molecule has 0 spiro atoms. The maximum absolute atomic E-state index is 5.04. The molecule has 0 atom stereocenters. The quantitative estimate of drug-likeness (QED) is 0.223. The molecule has 2 heteroatoms. The van der Waals surface area contributed by atoms with Crippen molar-refractivity contribution in [2.45, 2.75) is 0 Å². The second-order valence-electron chi connectivity index (χ2n) is 10.0. The van der Waals surface area contributed by atoms with E-state index in [1.807, 2.05) is 12.1 Å². The van der Waals surface area contributed by atoms with Crippen LogP contribution in [0.5, 0.6) is 0 Å². The van der Waals surface area contributed by atoms with Crippen LogP contribution in [0.2, 0.25) is 0 Å². The number of hydrogen-bond donors (Lipinski definition) is 0. The largest absolute Gasteiger partial charge is 0.292 e. The fourth-order valence-corrected chi connectivity index (χ4v) is 5.97. The molecule has 39 heavy (non-hydrogen) atoms. The van der Waals surface area contributed by atoms with Crippen molar-refractivity contribution in [2.24, 2.45) is 0 Å². The Bertz CT molecular complexity index is 2150. The van der Waals surface area contributed by atoms with Crippen LogP contribution >= 0.6 is 0 Å². The number of imidazole rings is 1. The zero-order valence-corrected chi connectivity index (χ0v) is 21.3. The number of para-hydroxylation sites is 3. The molecule has 0 bridgehead atoms. The van der Waals surface area contributed by atoms with Gasteiger partial charge in [-0.3, -0.25) is 4.57 Å². The van der Waals surface area contributed by atoms with Gasteiger partial charge in [0.25, 0.3) is 0 Å². The smallest absolute Gasteiger partial charge is 0.145 e. The van der Waals surface area contributed by atoms with Crippen molar-refractivity contribution in [1.29, 1.82) is 0 Å². The summed E-state index contributed by atoms with van der Waals surface area (Å²) < 4.78 is 2.25. The second kappa shape index (κ2) is 8.68. The Morgan fingerprint density at radius 2 is 1.10 bits per heavy atom. The second-order valence-corrected chi connectivity index (χ2v) is 10.0. The van der Waals surface area contributed by atoms with Crippen LogP contribution in [0.15, 0.2) is 146 Å². The van der Waals surface area contributed by atoms with Crippen LogP contribution in [-0.4, -0.2) is 9.55 Å². The topological polar surface area (TPSA) is 17.8 Å². The minimum Gasteiger partial charge on any atom is -0.292 e. The molecule has 8 aromatic rings. The van der Waals surface area contributed by atoms with Crippen molar-refractivity contribution in [1.82, 2.24) is 9.55 Å². The Balaban J connectivity index is 1.31. The van der Waals surface area contributed by atoms with Crippen molar-refractivity contribution in [3.63, 3.8) is 0 Å². The summed E-state index contributed by atoms with van der Waals surface area (Å²) in [6.07, 6.45) is 0. The standard InChI is InChI=1S/C37H24N2/c1-2-11-29(12-3-1)39-35-17-9-8-16-34(35)38-37(39)27-21-18-26(19-22-27)33-24-28-23-20-25-10-4-5-13-30(25)36(28)32-15-7-6-14-31(32)33/h1-24H. The number of nitrogens with zero attached hydrogens (tertiary/aromatic N) is 2. The number of fused-ring (bicyclic) bond motifs is 6. The Morgan fingerprint density at radius 3 is 1.95 bits per heavy atom. The summed E-state index contributed by atoms with van der Waals surface area (Å²) in [5.41, 5.74) is 6.75. The van der Waals surface area contributed by atoms with E-state index >= 15 is 0 Å². The van der Waals surface area contributed by atoms with Gasteiger partial charge in [0.05, 0.1) is 11.0 Å². The Kier molecular flexibility index (Phi) is 4.86. The molecule has 0 N–H and O–H groups in total. The Labute approximate surface area is 226 Å². The molecule has 0 radical (unpaired) electrons. The van der Waals surface area contributed by atoms with E-state index in [1.165, 1.54) is 43.4 Å². The first-order valence-corrected chi connectivity index (χ1v) is 13.3. The molecular weight excluding hydrogens is 472 g/mol. The summed E-state index contributed by atoms with van der Waals surface area (Å²) in [5.74, 6) is 0.948. The van der Waals surface area contributed by atoms with Gasteiger partial charge in [-0.25, -0.2) is 4.98 Å². The Morgan fingerprint density at radius 1 is 0.462 bits per heavy atom. The van der Waals surface area contributed by atoms with Crippen LogP contribution in [0.3, 0.4) is 0 Å². The maximum atomic E-state index is 5.04. The van der Waals surface area contributed by atoms with Crippen LogP contribution in [0.25, 0.3) is 71.6 Å². The number of benzene rings is 7. The van der Waals surface area contributed by atoms with Gasteiger partial charge >= 0.3 is 0 Å². The molecule has 182 valence electrons. The zero-order valence-electron chi connectivity index (χ0n) is 21.3. The van der Waals surface area contributed by atoms with Gasteiger partial charge in [-0.15, -0.1) is 0 Å². The first-order chi connectivity index (χ1) is 19.3. The van der Waals surface area contributed by atoms with Gasteiger partial charge in [0, 0.05) is 11.3 Å². The number of rotatable bonds is 3. The molecule has 1 heterocycles. The normalized spacial score (nSPS) is 11.6. The monoisotopic (exact) mass is 496 g/mol. The lowest BCUT2D eigenvalue weighted by Gasteiger charge is -2.14. The van der Waals surface area contributed by atoms with Crippen LogP contribution < -0.4 is 0 Å². The third-order valence-electron chi connectivity index (χ3n) is 7.78. The third-order valence-corrected chi connectivity index (χ3v) is 7.78. The molecule has 0 aliphatic rings. The molecule has 0 unspecified atom stereocenters. The first kappa shape index (κ1) is 21.8. The Hall–Kier alpha value is -5.21. The predicted molar refractivity (Wildman–Crippen MR) is 164 cm³/mol. The van der Waals surface area contributed by atoms with E-state index in [0.717, 1.165) is 28.1 Å². The molecule has 7 aromatic carbocycles. The van der Waals surface area contributed by atoms with Gasteiger partial charge in [0.2, 0.25) is 0 Å². The fourth-order valence-electron chi connectivity index (χ4n) is 5.97. The predicted octanol–water partition coefficient (Wildman–Crippen LogP) is 9.82. The molecule has 0 fully saturated rings. The highest BCUT2D eigenvalue weighted by Gasteiger charge is 2.15. The molecule has 0 amide bonds. The average Bonchev–Trinajstić information content (AvgIpc) is 3.40. The van der Waals surface area contributed by atoms with Gasteiger partial charge in [-0.05, 0) is 73.8 Å². The summed E-state index contributed by atoms with van der Waals surface area (Å²) in [5, 5.41) is 7.71. The van der Waals surface area contributed by atoms with E-state index < -0.39 is 0 Å². The van der Waals surface area contributed by atoms with Crippen LogP contribution in [0.4, 0.5) is 0 Å². The zero-order chi connectivity index (χ0) is 25.8. The summed E-state index contributed by atoms with van der Waals surface area (Å²) >= 11 is 0. The highest BCUT2D eigenvalue weighted by Crippen LogP contribution is 2.39. The molecular formula is C37H24N2. The molecule has 0 saturated carbocycles. The molecule has 8 rings (SSSR count). The molecule has 0 aliphatic carbocycles. The van der Waals surface area contributed by atoms with E-state index in [0.29, 0.717) is 0 Å². The molecule has 1 aromatic heterocycles. The lowest BCUT2D eigenvalue weighted by Crippen LogP contribution is -1.97. The van der Waals surface area contributed by atoms with Crippen molar-refractivity contribution in [3.8, 4) is 28.2 Å². The highest BCUT2D eigenvalue weighted by atomic mass is 15.1. The highest BCUT2D eigenvalue weighted by molar-refractivity contribution is 6.23. The number of hydrogen-bond acceptors (Lipinski definition) is 1. The minimum atomic E-state index is 0.948. The molecule has 0 saturated heterocycles. The minimum absolute atomic E-state index is 0.948. The van der Waals surface area contributed by atoms with Gasteiger partial charge < -0.3 is 0 Å². The van der Waals surface area contributed by atoms with E-state index in [9.17, 15) is 0 Å². The fraction of sp³-hybridized carbons (Fsp3) is 0. The summed E-state index contributed by atoms with van der Waals surface area (Å²) in [6.45, 7) is 0. The molecule has 2 nitrogen and oxygen atoms in total. The van der Waals surface area contributed by atoms with Gasteiger partial charge in [0.15, 0.2) is 0 Å². The summed E-state index contributed by atoms with van der Waals surface area (Å²) in [4.78, 5) is 5.04. The molecule has 0 aliphatic heterocycles. The lowest BCUT2D eigenvalue weighted by molar-refractivity contribution is 1.10. The van der Waals surface area contributed by atoms with Gasteiger partial charge in [-0.1, -0.05) is 115 Å². The maximum Gasteiger partial charge on any atom is 0.145 e. The van der Waals surface area contributed by atoms with Crippen LogP contribution in [0.1, 0.15) is 0 Å². The SMILES string of the molecule is c1ccc(-n2c(-c3ccc(-c4cc5ccc6ccccc6c5c5ccccc45)cc3)nc3ccccc32)cc1. The van der Waals surface area contributed by atoms with Crippen molar-refractivity contribution in [3.05, 3.63) is 146 Å². The lowest BCUT2D eigenvalue weighted by atomic mass is 9.90. The van der Waals surface area contributed by atoms with Crippen molar-refractivity contribution < 1.29 is 0 Å². The van der Waals surface area contributed by atoms with E-state index in [4.69, 9.17) is 4.98 Å². The average molecular weight is 497 g/mol. The summed E-state index contributed by atoms with van der Waals surface area (Å²) in [7, 11) is 0.